The van der Waals surface area contributed by atoms with Gasteiger partial charge in [0.2, 0.25) is 5.91 Å². The Morgan fingerprint density at radius 1 is 1.00 bits per heavy atom. The number of aryl methyl sites for hydroxylation is 1. The number of nitrogens with one attached hydrogen (secondary N) is 1. The smallest absolute Gasteiger partial charge is 0.265 e. The van der Waals surface area contributed by atoms with E-state index < -0.39 is 0 Å². The Kier molecular flexibility index (Phi) is 5.75. The Balaban J connectivity index is 1.44. The fourth-order valence-corrected chi connectivity index (χ4v) is 3.35. The van der Waals surface area contributed by atoms with E-state index in [1.165, 1.54) is 12.1 Å². The lowest BCUT2D eigenvalue weighted by molar-refractivity contribution is -0.121. The summed E-state index contributed by atoms with van der Waals surface area (Å²) in [7, 11) is 0. The number of hydrogen-bond acceptors (Lipinski definition) is 3. The number of hydrogen-bond donors (Lipinski definition) is 1. The predicted molar refractivity (Wildman–Crippen MR) is 113 cm³/mol. The van der Waals surface area contributed by atoms with Crippen LogP contribution in [0, 0.1) is 5.82 Å². The third-order valence-electron chi connectivity index (χ3n) is 4.92. The molecule has 2 amide bonds. The third-order valence-corrected chi connectivity index (χ3v) is 4.92. The van der Waals surface area contributed by atoms with Crippen LogP contribution in [0.2, 0.25) is 0 Å². The minimum atomic E-state index is -0.319. The summed E-state index contributed by atoms with van der Waals surface area (Å²) in [6, 6.07) is 21.1. The largest absolute Gasteiger partial charge is 0.481 e. The van der Waals surface area contributed by atoms with Crippen molar-refractivity contribution in [2.75, 3.05) is 16.8 Å². The molecule has 1 aliphatic rings. The highest BCUT2D eigenvalue weighted by molar-refractivity contribution is 5.99. The van der Waals surface area contributed by atoms with Crippen LogP contribution in [0.4, 0.5) is 15.8 Å². The zero-order valence-corrected chi connectivity index (χ0v) is 16.3. The molecule has 30 heavy (non-hydrogen) atoms. The second-order valence-corrected chi connectivity index (χ2v) is 7.11. The summed E-state index contributed by atoms with van der Waals surface area (Å²) in [5, 5.41) is 2.88. The van der Waals surface area contributed by atoms with Crippen molar-refractivity contribution >= 4 is 23.2 Å². The number of anilines is 2. The molecular weight excluding hydrogens is 383 g/mol. The Labute approximate surface area is 174 Å². The van der Waals surface area contributed by atoms with Gasteiger partial charge in [-0.3, -0.25) is 9.59 Å². The second-order valence-electron chi connectivity index (χ2n) is 7.11. The summed E-state index contributed by atoms with van der Waals surface area (Å²) in [4.78, 5) is 26.3. The van der Waals surface area contributed by atoms with Crippen LogP contribution in [0.3, 0.4) is 0 Å². The van der Waals surface area contributed by atoms with Crippen LogP contribution in [-0.4, -0.2) is 18.4 Å². The number of carbonyl (C=O) groups excluding carboxylic acids is 2. The molecule has 0 fully saturated rings. The highest BCUT2D eigenvalue weighted by atomic mass is 19.1. The molecule has 1 heterocycles. The van der Waals surface area contributed by atoms with Gasteiger partial charge in [0.05, 0.1) is 12.2 Å². The van der Waals surface area contributed by atoms with E-state index in [0.717, 1.165) is 11.1 Å². The molecule has 0 atom stereocenters. The van der Waals surface area contributed by atoms with Crippen LogP contribution in [-0.2, 0) is 22.6 Å². The Morgan fingerprint density at radius 2 is 1.77 bits per heavy atom. The van der Waals surface area contributed by atoms with Crippen molar-refractivity contribution in [2.24, 2.45) is 0 Å². The van der Waals surface area contributed by atoms with Gasteiger partial charge in [0.25, 0.3) is 5.91 Å². The number of nitrogens with zero attached hydrogens (tertiary/aromatic N) is 1. The Hall–Kier alpha value is -3.67. The minimum absolute atomic E-state index is 0.0837. The van der Waals surface area contributed by atoms with Crippen molar-refractivity contribution in [3.8, 4) is 5.75 Å². The van der Waals surface area contributed by atoms with Crippen molar-refractivity contribution in [3.63, 3.8) is 0 Å². The third kappa shape index (κ3) is 4.66. The number of fused-ring (bicyclic) bond motifs is 1. The molecule has 152 valence electrons. The van der Waals surface area contributed by atoms with Crippen LogP contribution in [0.1, 0.15) is 17.5 Å². The van der Waals surface area contributed by atoms with Crippen molar-refractivity contribution in [1.82, 2.24) is 0 Å². The molecule has 3 aromatic carbocycles. The molecule has 1 N–H and O–H groups in total. The summed E-state index contributed by atoms with van der Waals surface area (Å²) < 4.78 is 18.7. The molecule has 0 radical (unpaired) electrons. The van der Waals surface area contributed by atoms with Crippen molar-refractivity contribution in [1.29, 1.82) is 0 Å². The number of carbonyl (C=O) groups is 2. The number of ether oxygens (including phenoxy) is 1. The fraction of sp³-hybridized carbons (Fsp3) is 0.167. The van der Waals surface area contributed by atoms with Gasteiger partial charge in [-0.1, -0.05) is 42.5 Å². The number of halogens is 1. The number of rotatable bonds is 6. The van der Waals surface area contributed by atoms with Crippen molar-refractivity contribution < 1.29 is 18.7 Å². The summed E-state index contributed by atoms with van der Waals surface area (Å²) >= 11 is 0. The Bertz CT molecular complexity index is 1050. The van der Waals surface area contributed by atoms with Crippen LogP contribution < -0.4 is 15.0 Å². The van der Waals surface area contributed by atoms with E-state index in [9.17, 15) is 14.0 Å². The van der Waals surface area contributed by atoms with Gasteiger partial charge in [-0.25, -0.2) is 4.39 Å². The van der Waals surface area contributed by atoms with E-state index in [0.29, 0.717) is 36.5 Å². The molecule has 0 saturated heterocycles. The van der Waals surface area contributed by atoms with E-state index >= 15 is 0 Å². The molecule has 0 aliphatic carbocycles. The molecule has 1 aliphatic heterocycles. The average molecular weight is 404 g/mol. The first-order valence-corrected chi connectivity index (χ1v) is 9.74. The van der Waals surface area contributed by atoms with Crippen molar-refractivity contribution in [2.45, 2.75) is 19.4 Å². The molecule has 4 rings (SSSR count). The lowest BCUT2D eigenvalue weighted by Crippen LogP contribution is -2.38. The van der Waals surface area contributed by atoms with Gasteiger partial charge in [0.15, 0.2) is 6.61 Å². The molecule has 0 spiro atoms. The summed E-state index contributed by atoms with van der Waals surface area (Å²) in [6.45, 7) is 0.234. The highest BCUT2D eigenvalue weighted by Crippen LogP contribution is 2.35. The molecular formula is C24H21FN2O3. The lowest BCUT2D eigenvalue weighted by Gasteiger charge is -2.29. The van der Waals surface area contributed by atoms with E-state index in [1.54, 1.807) is 35.2 Å². The van der Waals surface area contributed by atoms with Gasteiger partial charge in [0.1, 0.15) is 11.6 Å². The van der Waals surface area contributed by atoms with Crippen LogP contribution >= 0.6 is 0 Å². The standard InChI is InChI=1S/C24H21FN2O3/c25-19-9-6-18(7-10-19)15-27-21-12-11-20(14-22(21)30-16-24(27)29)26-23(28)13-8-17-4-2-1-3-5-17/h1-7,9-12,14H,8,13,15-16H2,(H,26,28). The molecule has 5 nitrogen and oxygen atoms in total. The van der Waals surface area contributed by atoms with Gasteiger partial charge in [-0.2, -0.15) is 0 Å². The van der Waals surface area contributed by atoms with Crippen LogP contribution in [0.5, 0.6) is 5.75 Å². The van der Waals surface area contributed by atoms with Gasteiger partial charge < -0.3 is 15.0 Å². The molecule has 0 saturated carbocycles. The SMILES string of the molecule is O=C(CCc1ccccc1)Nc1ccc2c(c1)OCC(=O)N2Cc1ccc(F)cc1. The molecule has 0 aromatic heterocycles. The minimum Gasteiger partial charge on any atom is -0.481 e. The quantitative estimate of drug-likeness (QED) is 0.666. The maximum atomic E-state index is 13.1. The monoisotopic (exact) mass is 404 g/mol. The van der Waals surface area contributed by atoms with Gasteiger partial charge in [-0.05, 0) is 41.8 Å². The number of amides is 2. The van der Waals surface area contributed by atoms with E-state index in [2.05, 4.69) is 5.32 Å². The predicted octanol–water partition coefficient (Wildman–Crippen LogP) is 4.32. The lowest BCUT2D eigenvalue weighted by atomic mass is 10.1. The van der Waals surface area contributed by atoms with Crippen LogP contribution in [0.25, 0.3) is 0 Å². The first kappa shape index (κ1) is 19.6. The van der Waals surface area contributed by atoms with Gasteiger partial charge in [0, 0.05) is 18.2 Å². The fourth-order valence-electron chi connectivity index (χ4n) is 3.35. The Morgan fingerprint density at radius 3 is 2.53 bits per heavy atom. The average Bonchev–Trinajstić information content (AvgIpc) is 2.76. The normalized spacial score (nSPS) is 12.8. The zero-order chi connectivity index (χ0) is 20.9. The number of benzene rings is 3. The first-order chi connectivity index (χ1) is 14.6. The molecule has 3 aromatic rings. The summed E-state index contributed by atoms with van der Waals surface area (Å²) in [6.07, 6.45) is 1.03. The molecule has 0 bridgehead atoms. The highest BCUT2D eigenvalue weighted by Gasteiger charge is 2.26. The van der Waals surface area contributed by atoms with Gasteiger partial charge >= 0.3 is 0 Å². The van der Waals surface area contributed by atoms with Crippen molar-refractivity contribution in [3.05, 3.63) is 89.7 Å². The first-order valence-electron chi connectivity index (χ1n) is 9.74. The topological polar surface area (TPSA) is 58.6 Å². The molecule has 0 unspecified atom stereocenters. The van der Waals surface area contributed by atoms with E-state index in [1.807, 2.05) is 30.3 Å². The van der Waals surface area contributed by atoms with Gasteiger partial charge in [-0.15, -0.1) is 0 Å². The summed E-state index contributed by atoms with van der Waals surface area (Å²) in [5.41, 5.74) is 3.16. The zero-order valence-electron chi connectivity index (χ0n) is 16.3. The van der Waals surface area contributed by atoms with E-state index in [-0.39, 0.29) is 24.2 Å². The second kappa shape index (κ2) is 8.78. The maximum absolute atomic E-state index is 13.1. The molecule has 6 heteroatoms. The van der Waals surface area contributed by atoms with E-state index in [4.69, 9.17) is 4.74 Å². The summed E-state index contributed by atoms with van der Waals surface area (Å²) in [5.74, 6) is -0.0574. The van der Waals surface area contributed by atoms with Crippen LogP contribution in [0.15, 0.2) is 72.8 Å². The maximum Gasteiger partial charge on any atom is 0.265 e.